The second-order valence-corrected chi connectivity index (χ2v) is 4.93. The number of piperidine rings is 1. The van der Waals surface area contributed by atoms with Gasteiger partial charge in [0.1, 0.15) is 0 Å². The van der Waals surface area contributed by atoms with Crippen molar-refractivity contribution in [3.05, 3.63) is 0 Å². The highest BCUT2D eigenvalue weighted by Crippen LogP contribution is 2.29. The van der Waals surface area contributed by atoms with Crippen LogP contribution in [-0.2, 0) is 0 Å². The number of rotatable bonds is 3. The van der Waals surface area contributed by atoms with Gasteiger partial charge < -0.3 is 15.3 Å². The zero-order valence-electron chi connectivity index (χ0n) is 9.16. The molecule has 0 radical (unpaired) electrons. The van der Waals surface area contributed by atoms with Gasteiger partial charge in [0, 0.05) is 25.4 Å². The quantitative estimate of drug-likeness (QED) is 0.764. The molecule has 0 aromatic rings. The fourth-order valence-electron chi connectivity index (χ4n) is 1.58. The van der Waals surface area contributed by atoms with Crippen molar-refractivity contribution in [3.63, 3.8) is 0 Å². The summed E-state index contributed by atoms with van der Waals surface area (Å²) < 4.78 is 35.4. The third-order valence-electron chi connectivity index (χ3n) is 2.33. The number of hydrogen-bond acceptors (Lipinski definition) is 3. The highest BCUT2D eigenvalue weighted by atomic mass is 32.2. The largest absolute Gasteiger partial charge is 0.441 e. The zero-order chi connectivity index (χ0) is 12.9. The van der Waals surface area contributed by atoms with Crippen molar-refractivity contribution in [2.45, 2.75) is 24.5 Å². The number of hydrogen-bond donors (Lipinski definition) is 2. The summed E-state index contributed by atoms with van der Waals surface area (Å²) in [4.78, 5) is 12.9. The van der Waals surface area contributed by atoms with Crippen molar-refractivity contribution in [1.82, 2.24) is 10.2 Å². The van der Waals surface area contributed by atoms with Gasteiger partial charge in [-0.25, -0.2) is 4.79 Å². The van der Waals surface area contributed by atoms with Gasteiger partial charge in [0.05, 0.1) is 6.10 Å². The molecule has 1 atom stereocenters. The van der Waals surface area contributed by atoms with Crippen LogP contribution in [0.1, 0.15) is 12.8 Å². The number of amides is 2. The summed E-state index contributed by atoms with van der Waals surface area (Å²) in [5.74, 6) is -0.203. The predicted octanol–water partition coefficient (Wildman–Crippen LogP) is 1.41. The number of carbonyl (C=O) groups is 1. The Morgan fingerprint density at radius 3 is 2.82 bits per heavy atom. The molecule has 1 fully saturated rings. The van der Waals surface area contributed by atoms with Crippen LogP contribution in [0.25, 0.3) is 0 Å². The number of aliphatic hydroxyl groups excluding tert-OH is 1. The first-order valence-electron chi connectivity index (χ1n) is 5.30. The average Bonchev–Trinajstić information content (AvgIpc) is 2.23. The van der Waals surface area contributed by atoms with E-state index in [1.54, 1.807) is 0 Å². The van der Waals surface area contributed by atoms with Crippen molar-refractivity contribution < 1.29 is 23.1 Å². The van der Waals surface area contributed by atoms with Gasteiger partial charge in [0.15, 0.2) is 0 Å². The number of carbonyl (C=O) groups excluding carboxylic acids is 1. The van der Waals surface area contributed by atoms with E-state index in [4.69, 9.17) is 0 Å². The molecule has 0 aromatic heterocycles. The number of thioether (sulfide) groups is 1. The molecule has 2 amide bonds. The first kappa shape index (κ1) is 14.4. The highest BCUT2D eigenvalue weighted by Gasteiger charge is 2.27. The fourth-order valence-corrected chi connectivity index (χ4v) is 2.01. The molecule has 0 spiro atoms. The van der Waals surface area contributed by atoms with E-state index >= 15 is 0 Å². The smallest absolute Gasteiger partial charge is 0.391 e. The van der Waals surface area contributed by atoms with Gasteiger partial charge in [-0.3, -0.25) is 0 Å². The summed E-state index contributed by atoms with van der Waals surface area (Å²) in [6.45, 7) is 0.753. The second kappa shape index (κ2) is 6.34. The van der Waals surface area contributed by atoms with E-state index < -0.39 is 17.6 Å². The molecule has 0 aromatic carbocycles. The lowest BCUT2D eigenvalue weighted by molar-refractivity contribution is -0.0327. The molecule has 8 heteroatoms. The van der Waals surface area contributed by atoms with E-state index in [1.807, 2.05) is 0 Å². The Labute approximate surface area is 102 Å². The SMILES string of the molecule is O=C(NCCSC(F)(F)F)N1CCCC(O)C1. The summed E-state index contributed by atoms with van der Waals surface area (Å²) in [5, 5.41) is 11.7. The normalized spacial score (nSPS) is 21.4. The van der Waals surface area contributed by atoms with Crippen molar-refractivity contribution in [3.8, 4) is 0 Å². The van der Waals surface area contributed by atoms with Gasteiger partial charge in [-0.15, -0.1) is 0 Å². The molecule has 100 valence electrons. The lowest BCUT2D eigenvalue weighted by Gasteiger charge is -2.30. The number of halogens is 3. The molecule has 0 saturated carbocycles. The first-order chi connectivity index (χ1) is 7.88. The molecule has 1 unspecified atom stereocenters. The number of nitrogens with one attached hydrogen (secondary N) is 1. The maximum Gasteiger partial charge on any atom is 0.441 e. The topological polar surface area (TPSA) is 52.6 Å². The van der Waals surface area contributed by atoms with Crippen LogP contribution in [0.5, 0.6) is 0 Å². The van der Waals surface area contributed by atoms with Crippen molar-refractivity contribution >= 4 is 17.8 Å². The van der Waals surface area contributed by atoms with E-state index in [-0.39, 0.29) is 30.6 Å². The van der Waals surface area contributed by atoms with E-state index in [0.717, 1.165) is 0 Å². The minimum atomic E-state index is -4.26. The van der Waals surface area contributed by atoms with E-state index in [1.165, 1.54) is 4.90 Å². The summed E-state index contributed by atoms with van der Waals surface area (Å²) in [6, 6.07) is -0.411. The van der Waals surface area contributed by atoms with Gasteiger partial charge in [0.25, 0.3) is 0 Å². The molecule has 1 rings (SSSR count). The van der Waals surface area contributed by atoms with Crippen LogP contribution in [0.2, 0.25) is 0 Å². The maximum atomic E-state index is 11.8. The molecular formula is C9H15F3N2O2S. The lowest BCUT2D eigenvalue weighted by atomic mass is 10.1. The zero-order valence-corrected chi connectivity index (χ0v) is 9.98. The number of nitrogens with zero attached hydrogens (tertiary/aromatic N) is 1. The Bertz CT molecular complexity index is 263. The van der Waals surface area contributed by atoms with Gasteiger partial charge in [0.2, 0.25) is 0 Å². The average molecular weight is 272 g/mol. The molecule has 0 bridgehead atoms. The standard InChI is InChI=1S/C9H15F3N2O2S/c10-9(11,12)17-5-3-13-8(16)14-4-1-2-7(15)6-14/h7,15H,1-6H2,(H,13,16). The van der Waals surface area contributed by atoms with E-state index in [0.29, 0.717) is 19.4 Å². The van der Waals surface area contributed by atoms with Crippen LogP contribution < -0.4 is 5.32 Å². The Morgan fingerprint density at radius 1 is 1.53 bits per heavy atom. The van der Waals surface area contributed by atoms with E-state index in [2.05, 4.69) is 5.32 Å². The van der Waals surface area contributed by atoms with Crippen LogP contribution in [0.3, 0.4) is 0 Å². The van der Waals surface area contributed by atoms with Crippen LogP contribution in [0.15, 0.2) is 0 Å². The Kier molecular flexibility index (Phi) is 5.38. The van der Waals surface area contributed by atoms with Crippen molar-refractivity contribution in [2.24, 2.45) is 0 Å². The minimum Gasteiger partial charge on any atom is -0.391 e. The van der Waals surface area contributed by atoms with Crippen LogP contribution in [0, 0.1) is 0 Å². The van der Waals surface area contributed by atoms with Crippen LogP contribution in [-0.4, -0.2) is 53.0 Å². The molecule has 1 aliphatic rings. The van der Waals surface area contributed by atoms with Crippen molar-refractivity contribution in [1.29, 1.82) is 0 Å². The van der Waals surface area contributed by atoms with E-state index in [9.17, 15) is 23.1 Å². The molecule has 2 N–H and O–H groups in total. The number of urea groups is 1. The lowest BCUT2D eigenvalue weighted by Crippen LogP contribution is -2.47. The Morgan fingerprint density at radius 2 is 2.24 bits per heavy atom. The Hall–Kier alpha value is -0.630. The molecule has 4 nitrogen and oxygen atoms in total. The fraction of sp³-hybridized carbons (Fsp3) is 0.889. The maximum absolute atomic E-state index is 11.8. The summed E-state index contributed by atoms with van der Waals surface area (Å²) in [5.41, 5.74) is -4.26. The molecule has 0 aliphatic carbocycles. The number of alkyl halides is 3. The number of aliphatic hydroxyl groups is 1. The van der Waals surface area contributed by atoms with Gasteiger partial charge in [-0.1, -0.05) is 0 Å². The molecule has 17 heavy (non-hydrogen) atoms. The third-order valence-corrected chi connectivity index (χ3v) is 3.06. The summed E-state index contributed by atoms with van der Waals surface area (Å²) >= 11 is -0.160. The van der Waals surface area contributed by atoms with Crippen LogP contribution in [0.4, 0.5) is 18.0 Å². The third kappa shape index (κ3) is 6.02. The molecule has 1 aliphatic heterocycles. The Balaban J connectivity index is 2.16. The number of β-amino-alcohol motifs (C(OH)–C–C–N with tert-alkyl or cyclic N) is 1. The highest BCUT2D eigenvalue weighted by molar-refractivity contribution is 8.00. The molecule has 1 saturated heterocycles. The van der Waals surface area contributed by atoms with Gasteiger partial charge in [-0.05, 0) is 24.6 Å². The van der Waals surface area contributed by atoms with Gasteiger partial charge in [-0.2, -0.15) is 13.2 Å². The molecule has 1 heterocycles. The minimum absolute atomic E-state index is 0.0321. The van der Waals surface area contributed by atoms with Crippen molar-refractivity contribution in [2.75, 3.05) is 25.4 Å². The van der Waals surface area contributed by atoms with Gasteiger partial charge >= 0.3 is 11.5 Å². The first-order valence-corrected chi connectivity index (χ1v) is 6.28. The summed E-state index contributed by atoms with van der Waals surface area (Å²) in [7, 11) is 0. The summed E-state index contributed by atoms with van der Waals surface area (Å²) in [6.07, 6.45) is 0.846. The second-order valence-electron chi connectivity index (χ2n) is 3.77. The monoisotopic (exact) mass is 272 g/mol. The molecular weight excluding hydrogens is 257 g/mol. The predicted molar refractivity (Wildman–Crippen MR) is 58.7 cm³/mol. The van der Waals surface area contributed by atoms with Crippen LogP contribution >= 0.6 is 11.8 Å². The number of likely N-dealkylation sites (tertiary alicyclic amines) is 1.